The zero-order chi connectivity index (χ0) is 49.8. The second-order valence-electron chi connectivity index (χ2n) is 16.4. The number of carbonyl (C=O) groups is 7. The third kappa shape index (κ3) is 15.1. The van der Waals surface area contributed by atoms with Crippen LogP contribution in [-0.4, -0.2) is 160 Å². The van der Waals surface area contributed by atoms with Crippen LogP contribution < -0.4 is 32.7 Å². The average Bonchev–Trinajstić information content (AvgIpc) is 3.25. The molecule has 11 atom stereocenters. The van der Waals surface area contributed by atoms with E-state index in [1.165, 1.54) is 25.2 Å². The number of aromatic hydroxyl groups is 1. The molecule has 3 rings (SSSR count). The Morgan fingerprint density at radius 2 is 1.67 bits per heavy atom. The Morgan fingerprint density at radius 1 is 1.02 bits per heavy atom. The van der Waals surface area contributed by atoms with Gasteiger partial charge in [0.1, 0.15) is 60.9 Å². The Morgan fingerprint density at radius 3 is 2.26 bits per heavy atom. The van der Waals surface area contributed by atoms with Gasteiger partial charge in [0.05, 0.1) is 5.02 Å². The molecule has 0 aromatic heterocycles. The van der Waals surface area contributed by atoms with Gasteiger partial charge in [0.15, 0.2) is 12.1 Å². The van der Waals surface area contributed by atoms with Crippen LogP contribution in [0.2, 0.25) is 5.02 Å². The van der Waals surface area contributed by atoms with Crippen LogP contribution in [0.3, 0.4) is 0 Å². The number of fused-ring (bicyclic) bond motifs is 2. The molecule has 370 valence electrons. The van der Waals surface area contributed by atoms with Crippen LogP contribution in [0.5, 0.6) is 5.75 Å². The van der Waals surface area contributed by atoms with E-state index in [0.29, 0.717) is 12.0 Å². The predicted molar refractivity (Wildman–Crippen MR) is 235 cm³/mol. The van der Waals surface area contributed by atoms with Crippen molar-refractivity contribution >= 4 is 69.4 Å². The fourth-order valence-electron chi connectivity index (χ4n) is 7.31. The SMILES string of the molecule is CC[C@@H](C)[C@@H]1C(=O)N(C)[C@@H](Cc2ccc(O)c(Cl)c2)C(=O)N[C@@H]([C@@H](C)CC)C(=O)O[C@@H](C)[C@H](NC(=O)[C@@H](O)COS(=O)(=O)O)C(=O)N[C@@H](CCCN=C(N)N)C(=O)N[C@H]2CC[C@@H](O)N1C2=O. The van der Waals surface area contributed by atoms with Crippen molar-refractivity contribution in [1.29, 1.82) is 0 Å². The molecule has 0 spiro atoms. The predicted octanol–water partition coefficient (Wildman–Crippen LogP) is -2.06. The van der Waals surface area contributed by atoms with Crippen molar-refractivity contribution in [3.8, 4) is 5.75 Å². The normalized spacial score (nSPS) is 26.6. The van der Waals surface area contributed by atoms with E-state index in [2.05, 4.69) is 30.4 Å². The van der Waals surface area contributed by atoms with E-state index < -0.39 is 125 Å². The molecule has 0 saturated carbocycles. The zero-order valence-electron chi connectivity index (χ0n) is 37.5. The first kappa shape index (κ1) is 55.0. The number of benzene rings is 1. The molecule has 2 heterocycles. The van der Waals surface area contributed by atoms with E-state index in [-0.39, 0.29) is 61.8 Å². The third-order valence-electron chi connectivity index (χ3n) is 11.6. The molecule has 2 fully saturated rings. The molecule has 2 aliphatic rings. The monoisotopic (exact) mass is 975 g/mol. The minimum Gasteiger partial charge on any atom is -0.506 e. The molecule has 24 nitrogen and oxygen atoms in total. The number of likely N-dealkylation sites (N-methyl/N-ethyl adjacent to an activating group) is 1. The van der Waals surface area contributed by atoms with Crippen molar-refractivity contribution in [3.05, 3.63) is 28.8 Å². The summed E-state index contributed by atoms with van der Waals surface area (Å²) < 4.78 is 41.1. The fourth-order valence-corrected chi connectivity index (χ4v) is 7.81. The number of aliphatic hydroxyl groups excluding tert-OH is 2. The molecule has 0 unspecified atom stereocenters. The van der Waals surface area contributed by atoms with Crippen LogP contribution in [0.25, 0.3) is 0 Å². The standard InChI is InChI=1S/C40H62ClN9O15S/c1-7-19(3)30-39(60)65-21(5)31(48-35(56)28(52)18-64-66(61,62)63)36(57)45-24(10-9-15-44-40(42)43)33(54)46-25-12-14-29(53)50(37(25)58)32(20(4)8-2)38(59)49(6)26(34(55)47-30)17-22-11-13-27(51)23(41)16-22/h11,13,16,19-21,24-26,28-32,51-53H,7-10,12,14-15,17-18H2,1-6H3,(H,45,57)(H,46,54)(H,47,55)(H,48,56)(H4,42,43,44)(H,61,62,63)/t19-,20+,21-,24-,25-,26-,28-,29+,30-,31-,32+/m0/s1. The molecule has 1 aromatic rings. The lowest BCUT2D eigenvalue weighted by atomic mass is 9.91. The number of aliphatic hydroxyl groups is 2. The van der Waals surface area contributed by atoms with E-state index in [9.17, 15) is 57.3 Å². The number of carbonyl (C=O) groups excluding carboxylic acids is 7. The molecule has 2 aliphatic heterocycles. The average molecular weight is 977 g/mol. The Labute approximate surface area is 387 Å². The highest BCUT2D eigenvalue weighted by Gasteiger charge is 2.47. The number of ether oxygens (including phenoxy) is 1. The molecular weight excluding hydrogens is 914 g/mol. The summed E-state index contributed by atoms with van der Waals surface area (Å²) >= 11 is 6.22. The number of guanidine groups is 1. The molecular formula is C40H62ClN9O15S. The Balaban J connectivity index is 2.26. The second kappa shape index (κ2) is 24.4. The van der Waals surface area contributed by atoms with Gasteiger partial charge in [-0.1, -0.05) is 58.2 Å². The molecule has 26 heteroatoms. The number of piperidine rings is 1. The number of cyclic esters (lactones) is 1. The second-order valence-corrected chi connectivity index (χ2v) is 17.9. The zero-order valence-corrected chi connectivity index (χ0v) is 39.1. The highest BCUT2D eigenvalue weighted by atomic mass is 35.5. The van der Waals surface area contributed by atoms with Gasteiger partial charge < -0.3 is 62.6 Å². The number of hydrogen-bond donors (Lipinski definition) is 10. The maximum atomic E-state index is 14.8. The highest BCUT2D eigenvalue weighted by Crippen LogP contribution is 2.29. The minimum atomic E-state index is -5.14. The summed E-state index contributed by atoms with van der Waals surface area (Å²) in [4.78, 5) is 105. The smallest absolute Gasteiger partial charge is 0.397 e. The maximum Gasteiger partial charge on any atom is 0.397 e. The topological polar surface area (TPSA) is 372 Å². The minimum absolute atomic E-state index is 0.0336. The summed E-state index contributed by atoms with van der Waals surface area (Å²) in [5.41, 5.74) is 11.3. The van der Waals surface area contributed by atoms with Gasteiger partial charge in [0.25, 0.3) is 5.91 Å². The number of rotatable bonds is 15. The first-order valence-electron chi connectivity index (χ1n) is 21.3. The Hall–Kier alpha value is -5.34. The number of phenols is 1. The van der Waals surface area contributed by atoms with Gasteiger partial charge in [-0.2, -0.15) is 8.42 Å². The summed E-state index contributed by atoms with van der Waals surface area (Å²) in [6, 6.07) is -5.13. The summed E-state index contributed by atoms with van der Waals surface area (Å²) in [5, 5.41) is 41.7. The van der Waals surface area contributed by atoms with Crippen molar-refractivity contribution in [2.45, 2.75) is 134 Å². The summed E-state index contributed by atoms with van der Waals surface area (Å²) in [5.74, 6) is -9.14. The summed E-state index contributed by atoms with van der Waals surface area (Å²) in [6.07, 6.45) is -5.62. The molecule has 66 heavy (non-hydrogen) atoms. The molecule has 1 aromatic carbocycles. The highest BCUT2D eigenvalue weighted by molar-refractivity contribution is 7.80. The Kier molecular flexibility index (Phi) is 20.4. The largest absolute Gasteiger partial charge is 0.506 e. The number of nitrogens with one attached hydrogen (secondary N) is 4. The van der Waals surface area contributed by atoms with E-state index >= 15 is 0 Å². The lowest BCUT2D eigenvalue weighted by Crippen LogP contribution is -2.66. The van der Waals surface area contributed by atoms with Crippen LogP contribution in [0, 0.1) is 11.8 Å². The molecule has 2 bridgehead atoms. The quantitative estimate of drug-likeness (QED) is 0.0297. The van der Waals surface area contributed by atoms with E-state index in [4.69, 9.17) is 32.4 Å². The molecule has 6 amide bonds. The van der Waals surface area contributed by atoms with Gasteiger partial charge in [-0.25, -0.2) is 8.98 Å². The van der Waals surface area contributed by atoms with Gasteiger partial charge in [0.2, 0.25) is 29.5 Å². The number of hydrogen-bond acceptors (Lipinski definition) is 15. The molecule has 0 radical (unpaired) electrons. The summed E-state index contributed by atoms with van der Waals surface area (Å²) in [7, 11) is -3.83. The van der Waals surface area contributed by atoms with E-state index in [1.54, 1.807) is 27.7 Å². The van der Waals surface area contributed by atoms with Crippen molar-refractivity contribution in [2.24, 2.45) is 28.3 Å². The van der Waals surface area contributed by atoms with Gasteiger partial charge in [-0.3, -0.25) is 38.3 Å². The van der Waals surface area contributed by atoms with Crippen LogP contribution >= 0.6 is 11.6 Å². The number of halogens is 1. The lowest BCUT2D eigenvalue weighted by Gasteiger charge is -2.44. The van der Waals surface area contributed by atoms with Crippen LogP contribution in [0.1, 0.15) is 78.7 Å². The molecule has 2 saturated heterocycles. The van der Waals surface area contributed by atoms with Gasteiger partial charge >= 0.3 is 16.4 Å². The van der Waals surface area contributed by atoms with Crippen molar-refractivity contribution in [2.75, 3.05) is 20.2 Å². The number of nitrogens with zero attached hydrogens (tertiary/aromatic N) is 3. The first-order chi connectivity index (χ1) is 30.8. The molecule has 12 N–H and O–H groups in total. The van der Waals surface area contributed by atoms with Gasteiger partial charge in [0, 0.05) is 20.0 Å². The number of aliphatic imine (C=N–C) groups is 1. The number of phenolic OH excluding ortho intramolecular Hbond substituents is 1. The van der Waals surface area contributed by atoms with E-state index in [0.717, 1.165) is 16.7 Å². The fraction of sp³-hybridized carbons (Fsp3) is 0.650. The lowest BCUT2D eigenvalue weighted by molar-refractivity contribution is -0.168. The maximum absolute atomic E-state index is 14.8. The van der Waals surface area contributed by atoms with Crippen LogP contribution in [0.15, 0.2) is 23.2 Å². The first-order valence-corrected chi connectivity index (χ1v) is 23.1. The number of amides is 6. The van der Waals surface area contributed by atoms with Crippen molar-refractivity contribution in [3.63, 3.8) is 0 Å². The third-order valence-corrected chi connectivity index (χ3v) is 12.3. The van der Waals surface area contributed by atoms with Crippen LogP contribution in [0.4, 0.5) is 0 Å². The van der Waals surface area contributed by atoms with Gasteiger partial charge in [-0.15, -0.1) is 0 Å². The molecule has 0 aliphatic carbocycles. The van der Waals surface area contributed by atoms with Crippen molar-refractivity contribution < 1.29 is 70.8 Å². The van der Waals surface area contributed by atoms with E-state index in [1.807, 2.05) is 0 Å². The Bertz CT molecular complexity index is 2080. The van der Waals surface area contributed by atoms with Crippen molar-refractivity contribution in [1.82, 2.24) is 31.1 Å². The van der Waals surface area contributed by atoms with Crippen LogP contribution in [-0.2, 0) is 59.3 Å². The number of esters is 1. The van der Waals surface area contributed by atoms with Gasteiger partial charge in [-0.05, 0) is 62.1 Å². The summed E-state index contributed by atoms with van der Waals surface area (Å²) in [6.45, 7) is 6.53. The number of nitrogens with two attached hydrogens (primary N) is 2.